The molecule has 0 atom stereocenters. The predicted octanol–water partition coefficient (Wildman–Crippen LogP) is 3.72. The molecule has 0 radical (unpaired) electrons. The largest absolute Gasteiger partial charge is 0.272 e. The van der Waals surface area contributed by atoms with Crippen LogP contribution in [-0.4, -0.2) is 27.8 Å². The van der Waals surface area contributed by atoms with Crippen molar-refractivity contribution >= 4 is 45.9 Å². The van der Waals surface area contributed by atoms with Crippen LogP contribution in [0.5, 0.6) is 0 Å². The highest BCUT2D eigenvalue weighted by molar-refractivity contribution is 9.12. The molecular weight excluding hydrogens is 388 g/mol. The van der Waals surface area contributed by atoms with Crippen molar-refractivity contribution in [2.24, 2.45) is 5.10 Å². The van der Waals surface area contributed by atoms with Crippen LogP contribution < -0.4 is 5.43 Å². The number of hydrazone groups is 1. The number of rotatable bonds is 6. The SMILES string of the molecule is Cc1cc(C)nc(SCC(=O)NN=CC(Br)=Cc2ccccc2)n1. The van der Waals surface area contributed by atoms with Crippen molar-refractivity contribution in [3.05, 3.63) is 57.8 Å². The van der Waals surface area contributed by atoms with Crippen molar-refractivity contribution in [1.82, 2.24) is 15.4 Å². The van der Waals surface area contributed by atoms with E-state index in [0.29, 0.717) is 5.16 Å². The highest BCUT2D eigenvalue weighted by Gasteiger charge is 2.05. The number of carbonyl (C=O) groups is 1. The summed E-state index contributed by atoms with van der Waals surface area (Å²) in [4.78, 5) is 20.3. The molecule has 7 heteroatoms. The Labute approximate surface area is 153 Å². The molecule has 0 unspecified atom stereocenters. The number of thioether (sulfide) groups is 1. The Morgan fingerprint density at radius 3 is 2.58 bits per heavy atom. The number of hydrogen-bond donors (Lipinski definition) is 1. The first-order valence-corrected chi connectivity index (χ1v) is 9.00. The summed E-state index contributed by atoms with van der Waals surface area (Å²) >= 11 is 4.68. The number of aromatic nitrogens is 2. The van der Waals surface area contributed by atoms with Crippen LogP contribution in [0.3, 0.4) is 0 Å². The Morgan fingerprint density at radius 2 is 1.92 bits per heavy atom. The second-order valence-corrected chi connectivity index (χ2v) is 6.81. The number of nitrogens with zero attached hydrogens (tertiary/aromatic N) is 3. The molecule has 1 heterocycles. The Bertz CT molecular complexity index is 742. The molecule has 1 aromatic heterocycles. The fourth-order valence-corrected chi connectivity index (χ4v) is 2.94. The van der Waals surface area contributed by atoms with Crippen molar-refractivity contribution in [2.45, 2.75) is 19.0 Å². The minimum absolute atomic E-state index is 0.209. The summed E-state index contributed by atoms with van der Waals surface area (Å²) in [5, 5.41) is 4.52. The van der Waals surface area contributed by atoms with Gasteiger partial charge >= 0.3 is 0 Å². The molecule has 0 spiro atoms. The van der Waals surface area contributed by atoms with E-state index in [1.807, 2.05) is 56.3 Å². The number of aryl methyl sites for hydroxylation is 2. The second-order valence-electron chi connectivity index (χ2n) is 4.96. The summed E-state index contributed by atoms with van der Waals surface area (Å²) in [6.45, 7) is 3.80. The van der Waals surface area contributed by atoms with Crippen LogP contribution >= 0.6 is 27.7 Å². The van der Waals surface area contributed by atoms with Crippen LogP contribution in [0.2, 0.25) is 0 Å². The predicted molar refractivity (Wildman–Crippen MR) is 102 cm³/mol. The van der Waals surface area contributed by atoms with Crippen molar-refractivity contribution in [2.75, 3.05) is 5.75 Å². The van der Waals surface area contributed by atoms with E-state index in [0.717, 1.165) is 21.4 Å². The molecule has 0 fully saturated rings. The topological polar surface area (TPSA) is 67.2 Å². The zero-order valence-electron chi connectivity index (χ0n) is 13.4. The average Bonchev–Trinajstić information content (AvgIpc) is 2.53. The van der Waals surface area contributed by atoms with Gasteiger partial charge in [-0.25, -0.2) is 15.4 Å². The normalized spacial score (nSPS) is 11.7. The van der Waals surface area contributed by atoms with Gasteiger partial charge in [0.1, 0.15) is 0 Å². The van der Waals surface area contributed by atoms with Crippen molar-refractivity contribution in [3.63, 3.8) is 0 Å². The zero-order chi connectivity index (χ0) is 17.4. The van der Waals surface area contributed by atoms with Gasteiger partial charge in [-0.05, 0) is 47.5 Å². The molecule has 0 aliphatic carbocycles. The van der Waals surface area contributed by atoms with Gasteiger partial charge in [-0.2, -0.15) is 5.10 Å². The van der Waals surface area contributed by atoms with Gasteiger partial charge in [0.25, 0.3) is 5.91 Å². The van der Waals surface area contributed by atoms with Gasteiger partial charge < -0.3 is 0 Å². The number of benzene rings is 1. The first-order chi connectivity index (χ1) is 11.5. The lowest BCUT2D eigenvalue weighted by Gasteiger charge is -2.02. The van der Waals surface area contributed by atoms with E-state index in [2.05, 4.69) is 36.4 Å². The molecule has 2 aromatic rings. The molecule has 1 amide bonds. The molecule has 0 saturated carbocycles. The quantitative estimate of drug-likeness (QED) is 0.344. The Morgan fingerprint density at radius 1 is 1.25 bits per heavy atom. The maximum Gasteiger partial charge on any atom is 0.250 e. The van der Waals surface area contributed by atoms with Gasteiger partial charge in [0.2, 0.25) is 0 Å². The molecule has 0 aliphatic heterocycles. The highest BCUT2D eigenvalue weighted by atomic mass is 79.9. The summed E-state index contributed by atoms with van der Waals surface area (Å²) in [5.41, 5.74) is 5.30. The van der Waals surface area contributed by atoms with Gasteiger partial charge in [0, 0.05) is 15.9 Å². The number of nitrogens with one attached hydrogen (secondary N) is 1. The van der Waals surface area contributed by atoms with E-state index in [9.17, 15) is 4.79 Å². The molecular formula is C17H17BrN4OS. The van der Waals surface area contributed by atoms with E-state index < -0.39 is 0 Å². The van der Waals surface area contributed by atoms with Crippen LogP contribution in [-0.2, 0) is 4.79 Å². The van der Waals surface area contributed by atoms with E-state index in [-0.39, 0.29) is 11.7 Å². The summed E-state index contributed by atoms with van der Waals surface area (Å²) in [5.74, 6) is -0.000657. The lowest BCUT2D eigenvalue weighted by Crippen LogP contribution is -2.19. The van der Waals surface area contributed by atoms with Crippen LogP contribution in [0.15, 0.2) is 51.1 Å². The van der Waals surface area contributed by atoms with Crippen LogP contribution in [0.4, 0.5) is 0 Å². The lowest BCUT2D eigenvalue weighted by molar-refractivity contribution is -0.118. The molecule has 1 aromatic carbocycles. The van der Waals surface area contributed by atoms with Crippen molar-refractivity contribution in [1.29, 1.82) is 0 Å². The van der Waals surface area contributed by atoms with Gasteiger partial charge in [-0.1, -0.05) is 42.1 Å². The van der Waals surface area contributed by atoms with Gasteiger partial charge in [-0.15, -0.1) is 0 Å². The standard InChI is InChI=1S/C17H17BrN4OS/c1-12-8-13(2)21-17(20-12)24-11-16(23)22-19-10-15(18)9-14-6-4-3-5-7-14/h3-10H,11H2,1-2H3,(H,22,23). The molecule has 0 saturated heterocycles. The molecule has 2 rings (SSSR count). The zero-order valence-corrected chi connectivity index (χ0v) is 15.8. The first-order valence-electron chi connectivity index (χ1n) is 7.22. The monoisotopic (exact) mass is 404 g/mol. The number of allylic oxidation sites excluding steroid dienone is 1. The minimum Gasteiger partial charge on any atom is -0.272 e. The number of hydrogen-bond acceptors (Lipinski definition) is 5. The van der Waals surface area contributed by atoms with Gasteiger partial charge in [0.05, 0.1) is 12.0 Å². The maximum atomic E-state index is 11.8. The Hall–Kier alpha value is -1.99. The van der Waals surface area contributed by atoms with Crippen LogP contribution in [0.25, 0.3) is 6.08 Å². The summed E-state index contributed by atoms with van der Waals surface area (Å²) < 4.78 is 0.763. The lowest BCUT2D eigenvalue weighted by atomic mass is 10.2. The van der Waals surface area contributed by atoms with Crippen molar-refractivity contribution < 1.29 is 4.79 Å². The molecule has 0 aliphatic rings. The number of halogens is 1. The van der Waals surface area contributed by atoms with E-state index in [1.165, 1.54) is 11.8 Å². The Balaban J connectivity index is 1.81. The van der Waals surface area contributed by atoms with Crippen LogP contribution in [0.1, 0.15) is 17.0 Å². The highest BCUT2D eigenvalue weighted by Crippen LogP contribution is 2.13. The number of amides is 1. The first kappa shape index (κ1) is 18.4. The molecule has 124 valence electrons. The third-order valence-electron chi connectivity index (χ3n) is 2.78. The summed E-state index contributed by atoms with van der Waals surface area (Å²) in [6, 6.07) is 11.7. The molecule has 5 nitrogen and oxygen atoms in total. The summed E-state index contributed by atoms with van der Waals surface area (Å²) in [7, 11) is 0. The third kappa shape index (κ3) is 6.64. The second kappa shape index (κ2) is 9.34. The maximum absolute atomic E-state index is 11.8. The molecule has 1 N–H and O–H groups in total. The van der Waals surface area contributed by atoms with E-state index in [1.54, 1.807) is 6.21 Å². The smallest absolute Gasteiger partial charge is 0.250 e. The molecule has 0 bridgehead atoms. The Kier molecular flexibility index (Phi) is 7.14. The fraction of sp³-hybridized carbons (Fsp3) is 0.176. The summed E-state index contributed by atoms with van der Waals surface area (Å²) in [6.07, 6.45) is 3.46. The third-order valence-corrected chi connectivity index (χ3v) is 4.06. The van der Waals surface area contributed by atoms with Crippen LogP contribution in [0, 0.1) is 13.8 Å². The van der Waals surface area contributed by atoms with E-state index >= 15 is 0 Å². The van der Waals surface area contributed by atoms with Gasteiger partial charge in [-0.3, -0.25) is 4.79 Å². The fourth-order valence-electron chi connectivity index (χ4n) is 1.83. The van der Waals surface area contributed by atoms with Gasteiger partial charge in [0.15, 0.2) is 5.16 Å². The average molecular weight is 405 g/mol. The number of carbonyl (C=O) groups excluding carboxylic acids is 1. The molecule has 24 heavy (non-hydrogen) atoms. The van der Waals surface area contributed by atoms with E-state index in [4.69, 9.17) is 0 Å². The van der Waals surface area contributed by atoms with Crippen molar-refractivity contribution in [3.8, 4) is 0 Å². The minimum atomic E-state index is -0.209.